The molecule has 0 bridgehead atoms. The van der Waals surface area contributed by atoms with Crippen LogP contribution in [-0.2, 0) is 16.0 Å². The fraction of sp³-hybridized carbons (Fsp3) is 0.500. The summed E-state index contributed by atoms with van der Waals surface area (Å²) in [7, 11) is 0. The Bertz CT molecular complexity index is 473. The van der Waals surface area contributed by atoms with Gasteiger partial charge in [0.05, 0.1) is 0 Å². The van der Waals surface area contributed by atoms with Gasteiger partial charge in [0.15, 0.2) is 0 Å². The van der Waals surface area contributed by atoms with Crippen molar-refractivity contribution >= 4 is 17.4 Å². The summed E-state index contributed by atoms with van der Waals surface area (Å²) < 4.78 is 18.3. The summed E-state index contributed by atoms with van der Waals surface area (Å²) in [6.45, 7) is 1.42. The molecule has 1 aromatic rings. The first-order valence-corrected chi connectivity index (χ1v) is 6.70. The number of halogens is 2. The summed E-state index contributed by atoms with van der Waals surface area (Å²) in [4.78, 5) is 12.5. The zero-order valence-electron chi connectivity index (χ0n) is 10.6. The summed E-state index contributed by atoms with van der Waals surface area (Å²) in [6, 6.07) is 4.09. The van der Waals surface area contributed by atoms with Gasteiger partial charge in [-0.3, -0.25) is 4.79 Å². The highest BCUT2D eigenvalue weighted by Gasteiger charge is 2.38. The van der Waals surface area contributed by atoms with Gasteiger partial charge in [0, 0.05) is 36.6 Å². The highest BCUT2D eigenvalue weighted by Crippen LogP contribution is 2.32. The van der Waals surface area contributed by atoms with E-state index in [1.54, 1.807) is 6.07 Å². The molecular formula is C14H17ClFNO2. The zero-order chi connectivity index (χ0) is 13.9. The molecule has 104 valence electrons. The van der Waals surface area contributed by atoms with Gasteiger partial charge < -0.3 is 10.5 Å². The lowest BCUT2D eigenvalue weighted by Gasteiger charge is -2.34. The number of carbonyl (C=O) groups excluding carboxylic acids is 1. The maximum absolute atomic E-state index is 13.0. The number of carbonyl (C=O) groups is 1. The van der Waals surface area contributed by atoms with E-state index in [1.807, 2.05) is 0 Å². The van der Waals surface area contributed by atoms with E-state index in [9.17, 15) is 9.18 Å². The molecule has 0 unspecified atom stereocenters. The molecule has 5 heteroatoms. The predicted octanol–water partition coefficient (Wildman–Crippen LogP) is 2.35. The van der Waals surface area contributed by atoms with E-state index in [-0.39, 0.29) is 17.2 Å². The van der Waals surface area contributed by atoms with Crippen molar-refractivity contribution in [1.82, 2.24) is 0 Å². The maximum atomic E-state index is 13.0. The number of ketones is 1. The van der Waals surface area contributed by atoms with E-state index in [1.165, 1.54) is 12.1 Å². The number of benzene rings is 1. The Balaban J connectivity index is 2.15. The second kappa shape index (κ2) is 5.99. The van der Waals surface area contributed by atoms with E-state index in [0.717, 1.165) is 0 Å². The van der Waals surface area contributed by atoms with Gasteiger partial charge in [-0.05, 0) is 30.5 Å². The molecule has 1 fully saturated rings. The highest BCUT2D eigenvalue weighted by atomic mass is 35.5. The van der Waals surface area contributed by atoms with Crippen molar-refractivity contribution < 1.29 is 13.9 Å². The topological polar surface area (TPSA) is 52.3 Å². The molecular weight excluding hydrogens is 269 g/mol. The number of hydrogen-bond donors (Lipinski definition) is 1. The first kappa shape index (κ1) is 14.4. The van der Waals surface area contributed by atoms with Crippen molar-refractivity contribution in [1.29, 1.82) is 0 Å². The van der Waals surface area contributed by atoms with E-state index in [2.05, 4.69) is 0 Å². The predicted molar refractivity (Wildman–Crippen MR) is 71.7 cm³/mol. The maximum Gasteiger partial charge on any atom is 0.144 e. The second-order valence-electron chi connectivity index (χ2n) is 4.93. The Morgan fingerprint density at radius 2 is 2.11 bits per heavy atom. The van der Waals surface area contributed by atoms with Gasteiger partial charge >= 0.3 is 0 Å². The van der Waals surface area contributed by atoms with E-state index >= 15 is 0 Å². The Labute approximate surface area is 116 Å². The van der Waals surface area contributed by atoms with Crippen LogP contribution in [0.3, 0.4) is 0 Å². The first-order valence-electron chi connectivity index (χ1n) is 6.32. The fourth-order valence-corrected chi connectivity index (χ4v) is 2.62. The molecule has 0 saturated carbocycles. The number of rotatable bonds is 4. The van der Waals surface area contributed by atoms with Crippen LogP contribution in [0.25, 0.3) is 0 Å². The van der Waals surface area contributed by atoms with E-state index in [4.69, 9.17) is 22.1 Å². The summed E-state index contributed by atoms with van der Waals surface area (Å²) >= 11 is 5.95. The summed E-state index contributed by atoms with van der Waals surface area (Å²) in [5.41, 5.74) is 5.91. The smallest absolute Gasteiger partial charge is 0.144 e. The molecule has 1 aliphatic rings. The van der Waals surface area contributed by atoms with Crippen molar-refractivity contribution in [3.05, 3.63) is 34.6 Å². The third kappa shape index (κ3) is 3.14. The second-order valence-corrected chi connectivity index (χ2v) is 5.34. The lowest BCUT2D eigenvalue weighted by Crippen LogP contribution is -2.44. The van der Waals surface area contributed by atoms with Crippen LogP contribution in [0.2, 0.25) is 5.02 Å². The van der Waals surface area contributed by atoms with Crippen LogP contribution in [-0.4, -0.2) is 25.5 Å². The molecule has 19 heavy (non-hydrogen) atoms. The normalized spacial score (nSPS) is 18.3. The quantitative estimate of drug-likeness (QED) is 0.924. The minimum Gasteiger partial charge on any atom is -0.381 e. The molecule has 2 rings (SSSR count). The van der Waals surface area contributed by atoms with Gasteiger partial charge in [-0.2, -0.15) is 0 Å². The minimum atomic E-state index is -0.518. The Hall–Kier alpha value is -0.970. The third-order valence-electron chi connectivity index (χ3n) is 3.80. The zero-order valence-corrected chi connectivity index (χ0v) is 11.4. The number of Topliss-reactive ketones (excluding diaryl/α,β-unsaturated/α-hetero) is 1. The fourth-order valence-electron chi connectivity index (χ4n) is 2.38. The third-order valence-corrected chi connectivity index (χ3v) is 4.15. The van der Waals surface area contributed by atoms with Gasteiger partial charge in [0.25, 0.3) is 0 Å². The van der Waals surface area contributed by atoms with Crippen LogP contribution in [0.15, 0.2) is 18.2 Å². The SMILES string of the molecule is NCC1(C(=O)Cc2ccc(F)cc2Cl)CCOCC1. The minimum absolute atomic E-state index is 0.0619. The van der Waals surface area contributed by atoms with Crippen LogP contribution >= 0.6 is 11.6 Å². The van der Waals surface area contributed by atoms with Gasteiger partial charge in [-0.1, -0.05) is 17.7 Å². The molecule has 0 aromatic heterocycles. The first-order chi connectivity index (χ1) is 9.07. The largest absolute Gasteiger partial charge is 0.381 e. The lowest BCUT2D eigenvalue weighted by atomic mass is 9.74. The molecule has 2 N–H and O–H groups in total. The molecule has 0 aliphatic carbocycles. The Kier molecular flexibility index (Phi) is 4.55. The summed E-state index contributed by atoms with van der Waals surface area (Å²) in [5, 5.41) is 0.285. The molecule has 1 heterocycles. The molecule has 1 aliphatic heterocycles. The van der Waals surface area contributed by atoms with Crippen LogP contribution < -0.4 is 5.73 Å². The van der Waals surface area contributed by atoms with E-state index in [0.29, 0.717) is 38.2 Å². The van der Waals surface area contributed by atoms with Crippen molar-refractivity contribution in [3.63, 3.8) is 0 Å². The van der Waals surface area contributed by atoms with Gasteiger partial charge in [0.1, 0.15) is 11.6 Å². The summed E-state index contributed by atoms with van der Waals surface area (Å²) in [6.07, 6.45) is 1.47. The van der Waals surface area contributed by atoms with Crippen molar-refractivity contribution in [2.75, 3.05) is 19.8 Å². The number of hydrogen-bond acceptors (Lipinski definition) is 3. The van der Waals surface area contributed by atoms with Crippen molar-refractivity contribution in [3.8, 4) is 0 Å². The molecule has 1 aromatic carbocycles. The van der Waals surface area contributed by atoms with Crippen LogP contribution in [0.4, 0.5) is 4.39 Å². The highest BCUT2D eigenvalue weighted by molar-refractivity contribution is 6.31. The van der Waals surface area contributed by atoms with Gasteiger partial charge in [0.2, 0.25) is 0 Å². The number of ether oxygens (including phenoxy) is 1. The van der Waals surface area contributed by atoms with Crippen LogP contribution in [0.1, 0.15) is 18.4 Å². The van der Waals surface area contributed by atoms with Crippen LogP contribution in [0, 0.1) is 11.2 Å². The van der Waals surface area contributed by atoms with E-state index < -0.39 is 11.2 Å². The average Bonchev–Trinajstić information content (AvgIpc) is 2.42. The number of nitrogens with two attached hydrogens (primary N) is 1. The monoisotopic (exact) mass is 285 g/mol. The molecule has 0 spiro atoms. The van der Waals surface area contributed by atoms with Gasteiger partial charge in [-0.15, -0.1) is 0 Å². The van der Waals surface area contributed by atoms with Crippen molar-refractivity contribution in [2.24, 2.45) is 11.1 Å². The van der Waals surface area contributed by atoms with Gasteiger partial charge in [-0.25, -0.2) is 4.39 Å². The summed E-state index contributed by atoms with van der Waals surface area (Å²) in [5.74, 6) is -0.340. The Morgan fingerprint density at radius 3 is 2.68 bits per heavy atom. The molecule has 1 saturated heterocycles. The molecule has 3 nitrogen and oxygen atoms in total. The molecule has 0 atom stereocenters. The lowest BCUT2D eigenvalue weighted by molar-refractivity contribution is -0.132. The van der Waals surface area contributed by atoms with Crippen molar-refractivity contribution in [2.45, 2.75) is 19.3 Å². The standard InChI is InChI=1S/C14H17ClFNO2/c15-12-8-11(16)2-1-10(12)7-13(18)14(9-17)3-5-19-6-4-14/h1-2,8H,3-7,9,17H2. The molecule has 0 radical (unpaired) electrons. The molecule has 0 amide bonds. The van der Waals surface area contributed by atoms with Crippen LogP contribution in [0.5, 0.6) is 0 Å². The average molecular weight is 286 g/mol. The Morgan fingerprint density at radius 1 is 1.42 bits per heavy atom.